The van der Waals surface area contributed by atoms with Crippen molar-refractivity contribution in [3.8, 4) is 11.5 Å². The quantitative estimate of drug-likeness (QED) is 0.749. The normalized spacial score (nSPS) is 11.0. The van der Waals surface area contributed by atoms with E-state index < -0.39 is 0 Å². The monoisotopic (exact) mass is 303 g/mol. The number of anilines is 1. The van der Waals surface area contributed by atoms with Gasteiger partial charge in [0.05, 0.1) is 0 Å². The summed E-state index contributed by atoms with van der Waals surface area (Å²) in [4.78, 5) is 12.7. The molecule has 1 N–H and O–H groups in total. The molecule has 3 rings (SSSR count). The fraction of sp³-hybridized carbons (Fsp3) is 0. The number of thiophene rings is 2. The summed E-state index contributed by atoms with van der Waals surface area (Å²) in [5, 5.41) is 15.9. The number of nitrogens with zero attached hydrogens (tertiary/aromatic N) is 2. The zero-order valence-corrected chi connectivity index (χ0v) is 11.8. The molecule has 20 heavy (non-hydrogen) atoms. The molecule has 3 aromatic rings. The standard InChI is InChI=1S/C13H9N3O2S2/c17-11(4-3-10-2-1-6-20-10)14-13-16-15-12(18-13)9-5-7-19-8-9/h1-8H,(H,14,16,17). The lowest BCUT2D eigenvalue weighted by Gasteiger charge is -1.93. The summed E-state index contributed by atoms with van der Waals surface area (Å²) in [6, 6.07) is 5.82. The molecule has 7 heteroatoms. The van der Waals surface area contributed by atoms with E-state index in [1.807, 2.05) is 34.3 Å². The summed E-state index contributed by atoms with van der Waals surface area (Å²) >= 11 is 3.10. The molecule has 0 aliphatic rings. The van der Waals surface area contributed by atoms with Crippen LogP contribution < -0.4 is 5.32 Å². The van der Waals surface area contributed by atoms with Crippen molar-refractivity contribution < 1.29 is 9.21 Å². The van der Waals surface area contributed by atoms with Crippen molar-refractivity contribution in [3.63, 3.8) is 0 Å². The Morgan fingerprint density at radius 2 is 2.25 bits per heavy atom. The van der Waals surface area contributed by atoms with Crippen LogP contribution >= 0.6 is 22.7 Å². The molecular weight excluding hydrogens is 294 g/mol. The molecule has 0 saturated heterocycles. The maximum atomic E-state index is 11.7. The van der Waals surface area contributed by atoms with Gasteiger partial charge in [-0.05, 0) is 29.0 Å². The highest BCUT2D eigenvalue weighted by Gasteiger charge is 2.10. The lowest BCUT2D eigenvalue weighted by atomic mass is 10.3. The predicted octanol–water partition coefficient (Wildman–Crippen LogP) is 3.51. The maximum Gasteiger partial charge on any atom is 0.322 e. The van der Waals surface area contributed by atoms with E-state index in [0.29, 0.717) is 5.89 Å². The summed E-state index contributed by atoms with van der Waals surface area (Å²) < 4.78 is 5.36. The second-order valence-corrected chi connectivity index (χ2v) is 5.52. The second kappa shape index (κ2) is 5.81. The first-order chi connectivity index (χ1) is 9.81. The van der Waals surface area contributed by atoms with E-state index in [1.165, 1.54) is 17.4 Å². The van der Waals surface area contributed by atoms with E-state index in [2.05, 4.69) is 15.5 Å². The van der Waals surface area contributed by atoms with Gasteiger partial charge < -0.3 is 4.42 Å². The molecule has 0 aliphatic heterocycles. The van der Waals surface area contributed by atoms with E-state index >= 15 is 0 Å². The van der Waals surface area contributed by atoms with Crippen LogP contribution in [0.1, 0.15) is 4.88 Å². The highest BCUT2D eigenvalue weighted by Crippen LogP contribution is 2.22. The van der Waals surface area contributed by atoms with E-state index in [1.54, 1.807) is 17.4 Å². The topological polar surface area (TPSA) is 68.0 Å². The molecule has 0 aromatic carbocycles. The second-order valence-electron chi connectivity index (χ2n) is 3.76. The fourth-order valence-electron chi connectivity index (χ4n) is 1.47. The molecule has 0 atom stereocenters. The number of carbonyl (C=O) groups is 1. The van der Waals surface area contributed by atoms with E-state index in [-0.39, 0.29) is 11.9 Å². The highest BCUT2D eigenvalue weighted by atomic mass is 32.1. The van der Waals surface area contributed by atoms with Crippen LogP contribution in [0.3, 0.4) is 0 Å². The van der Waals surface area contributed by atoms with Crippen molar-refractivity contribution in [2.45, 2.75) is 0 Å². The SMILES string of the molecule is O=C(C=Cc1cccs1)Nc1nnc(-c2ccsc2)o1. The zero-order valence-electron chi connectivity index (χ0n) is 10.1. The van der Waals surface area contributed by atoms with Gasteiger partial charge in [-0.1, -0.05) is 11.2 Å². The van der Waals surface area contributed by atoms with Crippen LogP contribution in [-0.2, 0) is 4.79 Å². The van der Waals surface area contributed by atoms with Gasteiger partial charge in [-0.15, -0.1) is 16.4 Å². The number of amides is 1. The average Bonchev–Trinajstić information content (AvgIpc) is 3.18. The number of rotatable bonds is 4. The summed E-state index contributed by atoms with van der Waals surface area (Å²) in [7, 11) is 0. The van der Waals surface area contributed by atoms with Crippen molar-refractivity contribution in [3.05, 3.63) is 45.3 Å². The van der Waals surface area contributed by atoms with Crippen molar-refractivity contribution >= 4 is 40.7 Å². The Bertz CT molecular complexity index is 715. The van der Waals surface area contributed by atoms with Gasteiger partial charge in [-0.2, -0.15) is 11.3 Å². The third-order valence-corrected chi connectivity index (χ3v) is 3.89. The van der Waals surface area contributed by atoms with Gasteiger partial charge in [0.15, 0.2) is 0 Å². The van der Waals surface area contributed by atoms with Gasteiger partial charge >= 0.3 is 6.01 Å². The molecule has 0 saturated carbocycles. The summed E-state index contributed by atoms with van der Waals surface area (Å²) in [5.74, 6) is 0.0858. The van der Waals surface area contributed by atoms with E-state index in [4.69, 9.17) is 4.42 Å². The van der Waals surface area contributed by atoms with E-state index in [9.17, 15) is 4.79 Å². The highest BCUT2D eigenvalue weighted by molar-refractivity contribution is 7.10. The van der Waals surface area contributed by atoms with Crippen LogP contribution in [0.15, 0.2) is 44.8 Å². The molecule has 5 nitrogen and oxygen atoms in total. The summed E-state index contributed by atoms with van der Waals surface area (Å²) in [6.07, 6.45) is 3.16. The van der Waals surface area contributed by atoms with Gasteiger partial charge in [0, 0.05) is 21.9 Å². The minimum absolute atomic E-state index is 0.0898. The van der Waals surface area contributed by atoms with Crippen LogP contribution in [0.4, 0.5) is 6.01 Å². The zero-order chi connectivity index (χ0) is 13.8. The first kappa shape index (κ1) is 12.8. The molecule has 0 radical (unpaired) electrons. The predicted molar refractivity (Wildman–Crippen MR) is 79.6 cm³/mol. The lowest BCUT2D eigenvalue weighted by molar-refractivity contribution is -0.112. The Kier molecular flexibility index (Phi) is 3.71. The summed E-state index contributed by atoms with van der Waals surface area (Å²) in [6.45, 7) is 0. The minimum Gasteiger partial charge on any atom is -0.403 e. The minimum atomic E-state index is -0.307. The number of nitrogens with one attached hydrogen (secondary N) is 1. The van der Waals surface area contributed by atoms with Crippen LogP contribution in [0.2, 0.25) is 0 Å². The average molecular weight is 303 g/mol. The third-order valence-electron chi connectivity index (χ3n) is 2.37. The Balaban J connectivity index is 1.65. The Morgan fingerprint density at radius 3 is 3.00 bits per heavy atom. The number of hydrogen-bond acceptors (Lipinski definition) is 6. The fourth-order valence-corrected chi connectivity index (χ4v) is 2.72. The molecule has 3 heterocycles. The molecule has 0 unspecified atom stereocenters. The van der Waals surface area contributed by atoms with Crippen molar-refractivity contribution in [2.75, 3.05) is 5.32 Å². The number of carbonyl (C=O) groups excluding carboxylic acids is 1. The van der Waals surface area contributed by atoms with E-state index in [0.717, 1.165) is 10.4 Å². The van der Waals surface area contributed by atoms with Gasteiger partial charge in [-0.3, -0.25) is 10.1 Å². The molecular formula is C13H9N3O2S2. The van der Waals surface area contributed by atoms with Crippen molar-refractivity contribution in [1.82, 2.24) is 10.2 Å². The van der Waals surface area contributed by atoms with Crippen LogP contribution in [0.25, 0.3) is 17.5 Å². The van der Waals surface area contributed by atoms with Crippen molar-refractivity contribution in [2.24, 2.45) is 0 Å². The van der Waals surface area contributed by atoms with Gasteiger partial charge in [-0.25, -0.2) is 0 Å². The Labute approximate surface area is 122 Å². The molecule has 1 amide bonds. The van der Waals surface area contributed by atoms with Crippen LogP contribution in [0.5, 0.6) is 0 Å². The Morgan fingerprint density at radius 1 is 1.30 bits per heavy atom. The first-order valence-corrected chi connectivity index (χ1v) is 7.52. The molecule has 3 aromatic heterocycles. The molecule has 0 aliphatic carbocycles. The molecule has 0 bridgehead atoms. The van der Waals surface area contributed by atoms with Crippen LogP contribution in [0, 0.1) is 0 Å². The van der Waals surface area contributed by atoms with Crippen LogP contribution in [-0.4, -0.2) is 16.1 Å². The molecule has 0 spiro atoms. The maximum absolute atomic E-state index is 11.7. The van der Waals surface area contributed by atoms with Gasteiger partial charge in [0.1, 0.15) is 0 Å². The van der Waals surface area contributed by atoms with Gasteiger partial charge in [0.25, 0.3) is 11.8 Å². The molecule has 100 valence electrons. The van der Waals surface area contributed by atoms with Crippen molar-refractivity contribution in [1.29, 1.82) is 0 Å². The Hall–Kier alpha value is -2.25. The largest absolute Gasteiger partial charge is 0.403 e. The third kappa shape index (κ3) is 3.01. The van der Waals surface area contributed by atoms with Gasteiger partial charge in [0.2, 0.25) is 0 Å². The number of hydrogen-bond donors (Lipinski definition) is 1. The first-order valence-electron chi connectivity index (χ1n) is 5.70. The lowest BCUT2D eigenvalue weighted by Crippen LogP contribution is -2.07. The number of aromatic nitrogens is 2. The smallest absolute Gasteiger partial charge is 0.322 e. The summed E-state index contributed by atoms with van der Waals surface area (Å²) in [5.41, 5.74) is 0.845. The molecule has 0 fully saturated rings.